The quantitative estimate of drug-likeness (QED) is 0.782. The first-order valence-electron chi connectivity index (χ1n) is 10.9. The van der Waals surface area contributed by atoms with Crippen molar-refractivity contribution >= 4 is 15.9 Å². The zero-order valence-corrected chi connectivity index (χ0v) is 18.3. The average molecular weight is 427 g/mol. The normalized spacial score (nSPS) is 20.5. The summed E-state index contributed by atoms with van der Waals surface area (Å²) < 4.78 is 28.5. The van der Waals surface area contributed by atoms with Gasteiger partial charge in [0.15, 0.2) is 0 Å². The van der Waals surface area contributed by atoms with Crippen molar-refractivity contribution in [2.45, 2.75) is 68.8 Å². The first-order valence-corrected chi connectivity index (χ1v) is 12.3. The Hall–Kier alpha value is -2.18. The third kappa shape index (κ3) is 4.44. The van der Waals surface area contributed by atoms with Gasteiger partial charge in [-0.1, -0.05) is 61.2 Å². The molecular weight excluding hydrogens is 396 g/mol. The molecule has 0 saturated heterocycles. The maximum Gasteiger partial charge on any atom is 0.243 e. The summed E-state index contributed by atoms with van der Waals surface area (Å²) in [4.78, 5) is 13.2. The van der Waals surface area contributed by atoms with Crippen LogP contribution in [0.15, 0.2) is 53.4 Å². The number of amides is 1. The molecule has 0 bridgehead atoms. The maximum atomic E-state index is 13.5. The number of nitrogens with zero attached hydrogens (tertiary/aromatic N) is 1. The lowest BCUT2D eigenvalue weighted by molar-refractivity contribution is -0.123. The lowest BCUT2D eigenvalue weighted by Crippen LogP contribution is -2.43. The number of fused-ring (bicyclic) bond motifs is 1. The molecule has 1 N–H and O–H groups in total. The Kier molecular flexibility index (Phi) is 6.25. The van der Waals surface area contributed by atoms with Crippen LogP contribution in [0.5, 0.6) is 0 Å². The minimum absolute atomic E-state index is 0.0623. The number of hydrogen-bond donors (Lipinski definition) is 1. The van der Waals surface area contributed by atoms with Crippen molar-refractivity contribution in [2.24, 2.45) is 0 Å². The fourth-order valence-electron chi connectivity index (χ4n) is 4.68. The van der Waals surface area contributed by atoms with Crippen LogP contribution < -0.4 is 5.32 Å². The van der Waals surface area contributed by atoms with Gasteiger partial charge in [0.05, 0.1) is 10.9 Å². The van der Waals surface area contributed by atoms with Gasteiger partial charge in [0.1, 0.15) is 0 Å². The van der Waals surface area contributed by atoms with E-state index < -0.39 is 16.1 Å². The van der Waals surface area contributed by atoms with Crippen LogP contribution in [0, 0.1) is 6.92 Å². The molecule has 4 rings (SSSR count). The predicted molar refractivity (Wildman–Crippen MR) is 118 cm³/mol. The Morgan fingerprint density at radius 2 is 1.73 bits per heavy atom. The van der Waals surface area contributed by atoms with E-state index in [1.165, 1.54) is 10.7 Å². The molecule has 30 heavy (non-hydrogen) atoms. The molecule has 1 heterocycles. The zero-order valence-electron chi connectivity index (χ0n) is 17.5. The Bertz CT molecular complexity index is 995. The number of hydrogen-bond acceptors (Lipinski definition) is 3. The van der Waals surface area contributed by atoms with Gasteiger partial charge in [-0.3, -0.25) is 4.79 Å². The minimum Gasteiger partial charge on any atom is -0.353 e. The molecule has 2 aliphatic rings. The van der Waals surface area contributed by atoms with E-state index in [0.29, 0.717) is 13.0 Å². The number of carbonyl (C=O) groups excluding carboxylic acids is 1. The van der Waals surface area contributed by atoms with Gasteiger partial charge in [-0.15, -0.1) is 0 Å². The van der Waals surface area contributed by atoms with Crippen LogP contribution in [0.3, 0.4) is 0 Å². The summed E-state index contributed by atoms with van der Waals surface area (Å²) in [5.41, 5.74) is 3.09. The van der Waals surface area contributed by atoms with Crippen LogP contribution in [-0.4, -0.2) is 31.2 Å². The summed E-state index contributed by atoms with van der Waals surface area (Å²) in [5.74, 6) is -0.0623. The highest BCUT2D eigenvalue weighted by Crippen LogP contribution is 2.36. The minimum atomic E-state index is -3.70. The molecule has 0 aromatic heterocycles. The van der Waals surface area contributed by atoms with Gasteiger partial charge in [0.2, 0.25) is 15.9 Å². The first-order chi connectivity index (χ1) is 14.4. The number of rotatable bonds is 5. The van der Waals surface area contributed by atoms with Gasteiger partial charge >= 0.3 is 0 Å². The number of aryl methyl sites for hydroxylation is 1. The summed E-state index contributed by atoms with van der Waals surface area (Å²) in [6.45, 7) is 2.32. The standard InChI is InChI=1S/C24H30N2O3S/c1-18-11-13-21(14-12-18)30(28,29)26-16-15-19-7-5-6-10-22(19)23(26)17-24(27)25-20-8-3-2-4-9-20/h5-7,10-14,20,23H,2-4,8-9,15-17H2,1H3,(H,25,27)/t23-/m0/s1. The molecule has 2 aromatic carbocycles. The van der Waals surface area contributed by atoms with Crippen molar-refractivity contribution in [3.05, 3.63) is 65.2 Å². The third-order valence-electron chi connectivity index (χ3n) is 6.34. The molecule has 0 radical (unpaired) electrons. The van der Waals surface area contributed by atoms with Crippen LogP contribution >= 0.6 is 0 Å². The van der Waals surface area contributed by atoms with E-state index in [9.17, 15) is 13.2 Å². The molecule has 5 nitrogen and oxygen atoms in total. The van der Waals surface area contributed by atoms with Crippen molar-refractivity contribution in [1.29, 1.82) is 0 Å². The molecule has 1 aliphatic carbocycles. The van der Waals surface area contributed by atoms with Gasteiger partial charge in [0, 0.05) is 19.0 Å². The van der Waals surface area contributed by atoms with E-state index in [0.717, 1.165) is 42.4 Å². The van der Waals surface area contributed by atoms with Gasteiger partial charge in [-0.05, 0) is 49.4 Å². The van der Waals surface area contributed by atoms with Gasteiger partial charge in [-0.25, -0.2) is 8.42 Å². The predicted octanol–water partition coefficient (Wildman–Crippen LogP) is 4.12. The maximum absolute atomic E-state index is 13.5. The largest absolute Gasteiger partial charge is 0.353 e. The lowest BCUT2D eigenvalue weighted by atomic mass is 9.91. The fraction of sp³-hybridized carbons (Fsp3) is 0.458. The van der Waals surface area contributed by atoms with Crippen molar-refractivity contribution in [3.63, 3.8) is 0 Å². The van der Waals surface area contributed by atoms with Crippen LogP contribution in [0.1, 0.15) is 61.3 Å². The number of carbonyl (C=O) groups is 1. The van der Waals surface area contributed by atoms with Crippen LogP contribution in [-0.2, 0) is 21.2 Å². The van der Waals surface area contributed by atoms with Gasteiger partial charge in [0.25, 0.3) is 0 Å². The Labute approximate surface area is 179 Å². The van der Waals surface area contributed by atoms with Crippen molar-refractivity contribution in [2.75, 3.05) is 6.54 Å². The summed E-state index contributed by atoms with van der Waals surface area (Å²) in [6.07, 6.45) is 6.35. The molecule has 1 saturated carbocycles. The third-order valence-corrected chi connectivity index (χ3v) is 8.26. The van der Waals surface area contributed by atoms with E-state index in [1.54, 1.807) is 12.1 Å². The van der Waals surface area contributed by atoms with E-state index in [-0.39, 0.29) is 23.3 Å². The first kappa shape index (κ1) is 21.1. The molecule has 1 amide bonds. The second-order valence-electron chi connectivity index (χ2n) is 8.50. The summed E-state index contributed by atoms with van der Waals surface area (Å²) >= 11 is 0. The van der Waals surface area contributed by atoms with Crippen LogP contribution in [0.4, 0.5) is 0 Å². The van der Waals surface area contributed by atoms with Crippen LogP contribution in [0.2, 0.25) is 0 Å². The van der Waals surface area contributed by atoms with E-state index in [2.05, 4.69) is 5.32 Å². The van der Waals surface area contributed by atoms with Gasteiger partial charge < -0.3 is 5.32 Å². The highest BCUT2D eigenvalue weighted by molar-refractivity contribution is 7.89. The van der Waals surface area contributed by atoms with E-state index in [1.807, 2.05) is 43.3 Å². The molecule has 1 atom stereocenters. The molecule has 2 aromatic rings. The fourth-order valence-corrected chi connectivity index (χ4v) is 6.29. The summed E-state index contributed by atoms with van der Waals surface area (Å²) in [5, 5.41) is 3.16. The molecular formula is C24H30N2O3S. The molecule has 0 spiro atoms. The van der Waals surface area contributed by atoms with E-state index in [4.69, 9.17) is 0 Å². The Morgan fingerprint density at radius 1 is 1.03 bits per heavy atom. The summed E-state index contributed by atoms with van der Waals surface area (Å²) in [7, 11) is -3.70. The highest BCUT2D eigenvalue weighted by atomic mass is 32.2. The molecule has 0 unspecified atom stereocenters. The number of sulfonamides is 1. The smallest absolute Gasteiger partial charge is 0.243 e. The lowest BCUT2D eigenvalue weighted by Gasteiger charge is -2.36. The Balaban J connectivity index is 1.62. The monoisotopic (exact) mass is 426 g/mol. The van der Waals surface area contributed by atoms with Crippen molar-refractivity contribution in [1.82, 2.24) is 9.62 Å². The number of benzene rings is 2. The zero-order chi connectivity index (χ0) is 21.1. The molecule has 160 valence electrons. The SMILES string of the molecule is Cc1ccc(S(=O)(=O)N2CCc3ccccc3[C@@H]2CC(=O)NC2CCCCC2)cc1. The van der Waals surface area contributed by atoms with E-state index >= 15 is 0 Å². The second-order valence-corrected chi connectivity index (χ2v) is 10.4. The van der Waals surface area contributed by atoms with Crippen molar-refractivity contribution < 1.29 is 13.2 Å². The van der Waals surface area contributed by atoms with Gasteiger partial charge in [-0.2, -0.15) is 4.31 Å². The molecule has 6 heteroatoms. The Morgan fingerprint density at radius 3 is 2.47 bits per heavy atom. The second kappa shape index (κ2) is 8.90. The topological polar surface area (TPSA) is 66.5 Å². The highest BCUT2D eigenvalue weighted by Gasteiger charge is 2.37. The van der Waals surface area contributed by atoms with Crippen LogP contribution in [0.25, 0.3) is 0 Å². The van der Waals surface area contributed by atoms with Crippen molar-refractivity contribution in [3.8, 4) is 0 Å². The summed E-state index contributed by atoms with van der Waals surface area (Å²) in [6, 6.07) is 14.6. The molecule has 1 aliphatic heterocycles. The number of nitrogens with one attached hydrogen (secondary N) is 1. The molecule has 1 fully saturated rings. The average Bonchev–Trinajstić information content (AvgIpc) is 2.75.